The number of rotatable bonds is 3. The first-order chi connectivity index (χ1) is 13.5. The van der Waals surface area contributed by atoms with Crippen LogP contribution >= 0.6 is 0 Å². The molecule has 28 heavy (non-hydrogen) atoms. The van der Waals surface area contributed by atoms with Crippen LogP contribution in [0.5, 0.6) is 0 Å². The van der Waals surface area contributed by atoms with Crippen molar-refractivity contribution in [3.8, 4) is 5.69 Å². The van der Waals surface area contributed by atoms with Gasteiger partial charge in [0.1, 0.15) is 11.9 Å². The Morgan fingerprint density at radius 1 is 1.11 bits per heavy atom. The summed E-state index contributed by atoms with van der Waals surface area (Å²) in [6.45, 7) is 5.14. The number of benzene rings is 2. The summed E-state index contributed by atoms with van der Waals surface area (Å²) in [5.41, 5.74) is 3.89. The van der Waals surface area contributed by atoms with Crippen molar-refractivity contribution in [1.82, 2.24) is 19.9 Å². The molecule has 1 aliphatic rings. The summed E-state index contributed by atoms with van der Waals surface area (Å²) in [4.78, 5) is 14.8. The van der Waals surface area contributed by atoms with Crippen molar-refractivity contribution in [2.45, 2.75) is 20.0 Å². The Morgan fingerprint density at radius 2 is 1.82 bits per heavy atom. The number of hydrogen-bond acceptors (Lipinski definition) is 4. The lowest BCUT2D eigenvalue weighted by Gasteiger charge is -2.32. The highest BCUT2D eigenvalue weighted by atomic mass is 19.1. The molecule has 6 nitrogen and oxygen atoms in total. The number of aromatic nitrogens is 3. The first-order valence-electron chi connectivity index (χ1n) is 9.18. The minimum absolute atomic E-state index is 0.175. The van der Waals surface area contributed by atoms with E-state index in [2.05, 4.69) is 10.3 Å². The van der Waals surface area contributed by atoms with Gasteiger partial charge in [-0.3, -0.25) is 4.79 Å². The first-order valence-corrected chi connectivity index (χ1v) is 9.18. The van der Waals surface area contributed by atoms with E-state index in [4.69, 9.17) is 4.74 Å². The number of morpholine rings is 1. The maximum Gasteiger partial charge on any atom is 0.276 e. The molecule has 0 spiro atoms. The minimum atomic E-state index is -0.296. The Morgan fingerprint density at radius 3 is 2.54 bits per heavy atom. The molecule has 0 radical (unpaired) electrons. The molecular weight excluding hydrogens is 359 g/mol. The van der Waals surface area contributed by atoms with E-state index in [1.165, 1.54) is 12.1 Å². The molecule has 1 fully saturated rings. The molecule has 0 bridgehead atoms. The molecule has 1 saturated heterocycles. The largest absolute Gasteiger partial charge is 0.370 e. The Bertz CT molecular complexity index is 983. The van der Waals surface area contributed by atoms with Crippen LogP contribution in [0.3, 0.4) is 0 Å². The van der Waals surface area contributed by atoms with Gasteiger partial charge >= 0.3 is 0 Å². The molecule has 4 rings (SSSR count). The number of aryl methyl sites for hydroxylation is 1. The second-order valence-electron chi connectivity index (χ2n) is 6.93. The zero-order chi connectivity index (χ0) is 19.7. The second kappa shape index (κ2) is 7.52. The molecule has 1 unspecified atom stereocenters. The highest BCUT2D eigenvalue weighted by molar-refractivity contribution is 5.93. The lowest BCUT2D eigenvalue weighted by Crippen LogP contribution is -2.42. The fourth-order valence-corrected chi connectivity index (χ4v) is 3.32. The van der Waals surface area contributed by atoms with Gasteiger partial charge in [0.2, 0.25) is 0 Å². The lowest BCUT2D eigenvalue weighted by atomic mass is 10.1. The quantitative estimate of drug-likeness (QED) is 0.700. The minimum Gasteiger partial charge on any atom is -0.370 e. The van der Waals surface area contributed by atoms with E-state index in [-0.39, 0.29) is 17.8 Å². The molecule has 3 aromatic rings. The van der Waals surface area contributed by atoms with Crippen LogP contribution in [0.4, 0.5) is 4.39 Å². The third kappa shape index (κ3) is 3.53. The highest BCUT2D eigenvalue weighted by Gasteiger charge is 2.29. The Kier molecular flexibility index (Phi) is 4.92. The van der Waals surface area contributed by atoms with Crippen LogP contribution < -0.4 is 0 Å². The topological polar surface area (TPSA) is 60.2 Å². The number of ether oxygens (including phenoxy) is 1. The van der Waals surface area contributed by atoms with E-state index >= 15 is 0 Å². The van der Waals surface area contributed by atoms with Crippen molar-refractivity contribution in [3.63, 3.8) is 0 Å². The molecule has 1 aromatic heterocycles. The fraction of sp³-hybridized carbons (Fsp3) is 0.286. The van der Waals surface area contributed by atoms with Crippen LogP contribution in [-0.4, -0.2) is 45.5 Å². The van der Waals surface area contributed by atoms with Gasteiger partial charge in [-0.05, 0) is 43.7 Å². The van der Waals surface area contributed by atoms with Crippen LogP contribution in [0.25, 0.3) is 5.69 Å². The number of carbonyl (C=O) groups excluding carboxylic acids is 1. The van der Waals surface area contributed by atoms with Gasteiger partial charge in [-0.2, -0.15) is 0 Å². The first kappa shape index (κ1) is 18.3. The summed E-state index contributed by atoms with van der Waals surface area (Å²) in [5.74, 6) is -0.470. The van der Waals surface area contributed by atoms with Gasteiger partial charge in [0.05, 0.1) is 24.5 Å². The molecule has 0 N–H and O–H groups in total. The molecule has 144 valence electrons. The summed E-state index contributed by atoms with van der Waals surface area (Å²) in [5, 5.41) is 8.30. The van der Waals surface area contributed by atoms with Crippen molar-refractivity contribution in [3.05, 3.63) is 76.9 Å². The summed E-state index contributed by atoms with van der Waals surface area (Å²) in [6.07, 6.45) is -0.286. The van der Waals surface area contributed by atoms with Crippen LogP contribution in [0.15, 0.2) is 48.5 Å². The molecule has 2 heterocycles. The summed E-state index contributed by atoms with van der Waals surface area (Å²) in [7, 11) is 0. The number of halogens is 1. The predicted octanol–water partition coefficient (Wildman–Crippen LogP) is 3.24. The normalized spacial score (nSPS) is 17.0. The lowest BCUT2D eigenvalue weighted by molar-refractivity contribution is -0.0230. The van der Waals surface area contributed by atoms with Crippen LogP contribution in [0.2, 0.25) is 0 Å². The monoisotopic (exact) mass is 380 g/mol. The average molecular weight is 380 g/mol. The van der Waals surface area contributed by atoms with E-state index < -0.39 is 0 Å². The molecule has 2 aromatic carbocycles. The molecule has 0 saturated carbocycles. The van der Waals surface area contributed by atoms with Gasteiger partial charge in [-0.1, -0.05) is 35.0 Å². The summed E-state index contributed by atoms with van der Waals surface area (Å²) in [6, 6.07) is 14.1. The smallest absolute Gasteiger partial charge is 0.276 e. The predicted molar refractivity (Wildman–Crippen MR) is 102 cm³/mol. The molecule has 1 atom stereocenters. The zero-order valence-electron chi connectivity index (χ0n) is 15.8. The molecule has 7 heteroatoms. The second-order valence-corrected chi connectivity index (χ2v) is 6.93. The van der Waals surface area contributed by atoms with Crippen molar-refractivity contribution in [2.24, 2.45) is 0 Å². The molecular formula is C21H21FN4O2. The van der Waals surface area contributed by atoms with Gasteiger partial charge in [-0.25, -0.2) is 9.07 Å². The van der Waals surface area contributed by atoms with Crippen molar-refractivity contribution in [2.75, 3.05) is 19.7 Å². The Labute approximate surface area is 162 Å². The number of hydrogen-bond donors (Lipinski definition) is 0. The van der Waals surface area contributed by atoms with Crippen LogP contribution in [0.1, 0.15) is 33.4 Å². The fourth-order valence-electron chi connectivity index (χ4n) is 3.32. The van der Waals surface area contributed by atoms with Gasteiger partial charge in [0.15, 0.2) is 5.69 Å². The Hall–Kier alpha value is -3.06. The van der Waals surface area contributed by atoms with Gasteiger partial charge in [0, 0.05) is 6.54 Å². The van der Waals surface area contributed by atoms with Crippen LogP contribution in [-0.2, 0) is 4.74 Å². The van der Waals surface area contributed by atoms with E-state index in [1.807, 2.05) is 38.1 Å². The van der Waals surface area contributed by atoms with Crippen molar-refractivity contribution in [1.29, 1.82) is 0 Å². The SMILES string of the molecule is Cc1ccc(-n2nnc(C(=O)N3CCOC(c4ccc(F)cc4)C3)c2C)cc1. The van der Waals surface area contributed by atoms with Crippen molar-refractivity contribution < 1.29 is 13.9 Å². The Balaban J connectivity index is 1.54. The van der Waals surface area contributed by atoms with E-state index in [0.29, 0.717) is 31.1 Å². The summed E-state index contributed by atoms with van der Waals surface area (Å²) < 4.78 is 20.6. The van der Waals surface area contributed by atoms with Crippen molar-refractivity contribution >= 4 is 5.91 Å². The molecule has 1 aliphatic heterocycles. The molecule has 0 aliphatic carbocycles. The number of carbonyl (C=O) groups is 1. The number of nitrogens with zero attached hydrogens (tertiary/aromatic N) is 4. The van der Waals surface area contributed by atoms with Gasteiger partial charge in [-0.15, -0.1) is 5.10 Å². The van der Waals surface area contributed by atoms with Gasteiger partial charge < -0.3 is 9.64 Å². The average Bonchev–Trinajstić information content (AvgIpc) is 3.10. The zero-order valence-corrected chi connectivity index (χ0v) is 15.8. The number of amides is 1. The van der Waals surface area contributed by atoms with E-state index in [1.54, 1.807) is 21.7 Å². The maximum absolute atomic E-state index is 13.2. The van der Waals surface area contributed by atoms with E-state index in [0.717, 1.165) is 16.8 Å². The highest BCUT2D eigenvalue weighted by Crippen LogP contribution is 2.24. The van der Waals surface area contributed by atoms with Gasteiger partial charge in [0.25, 0.3) is 5.91 Å². The van der Waals surface area contributed by atoms with E-state index in [9.17, 15) is 9.18 Å². The molecule has 1 amide bonds. The third-order valence-corrected chi connectivity index (χ3v) is 4.97. The van der Waals surface area contributed by atoms with Crippen LogP contribution in [0, 0.1) is 19.7 Å². The standard InChI is InChI=1S/C21H21FN4O2/c1-14-3-9-18(10-4-14)26-15(2)20(23-24-26)21(27)25-11-12-28-19(13-25)16-5-7-17(22)8-6-16/h3-10,19H,11-13H2,1-2H3. The summed E-state index contributed by atoms with van der Waals surface area (Å²) >= 11 is 0. The maximum atomic E-state index is 13.2. The third-order valence-electron chi connectivity index (χ3n) is 4.97.